The van der Waals surface area contributed by atoms with Crippen LogP contribution < -0.4 is 10.1 Å². The Labute approximate surface area is 145 Å². The number of thioether (sulfide) groups is 1. The summed E-state index contributed by atoms with van der Waals surface area (Å²) < 4.78 is 30.9. The molecule has 0 aromatic heterocycles. The summed E-state index contributed by atoms with van der Waals surface area (Å²) in [5.41, 5.74) is 0.320. The van der Waals surface area contributed by atoms with Crippen LogP contribution in [0.25, 0.3) is 0 Å². The lowest BCUT2D eigenvalue weighted by Crippen LogP contribution is -2.33. The number of hydrogen-bond acceptors (Lipinski definition) is 6. The number of methoxy groups -OCH3 is 1. The highest BCUT2D eigenvalue weighted by Gasteiger charge is 2.25. The maximum absolute atomic E-state index is 12.3. The van der Waals surface area contributed by atoms with Crippen LogP contribution in [0.4, 0.5) is 10.5 Å². The fourth-order valence-corrected chi connectivity index (χ4v) is 4.00. The van der Waals surface area contributed by atoms with Gasteiger partial charge in [0.05, 0.1) is 7.11 Å². The summed E-state index contributed by atoms with van der Waals surface area (Å²) in [5, 5.41) is 2.48. The summed E-state index contributed by atoms with van der Waals surface area (Å²) in [4.78, 5) is 25.0. The van der Waals surface area contributed by atoms with Crippen molar-refractivity contribution in [2.45, 2.75) is 4.90 Å². The molecule has 1 fully saturated rings. The zero-order chi connectivity index (χ0) is 17.9. The fraction of sp³-hybridized carbons (Fsp3) is 0.429. The first-order valence-corrected chi connectivity index (χ1v) is 9.50. The molecular weight excluding hydrogens is 354 g/mol. The molecule has 1 N–H and O–H groups in total. The van der Waals surface area contributed by atoms with E-state index in [0.717, 1.165) is 4.31 Å². The van der Waals surface area contributed by atoms with Crippen molar-refractivity contribution in [1.29, 1.82) is 0 Å². The molecule has 0 aliphatic carbocycles. The summed E-state index contributed by atoms with van der Waals surface area (Å²) in [6.07, 6.45) is 0. The predicted molar refractivity (Wildman–Crippen MR) is 91.9 cm³/mol. The molecule has 0 atom stereocenters. The van der Waals surface area contributed by atoms with Gasteiger partial charge in [-0.05, 0) is 18.2 Å². The van der Waals surface area contributed by atoms with E-state index in [-0.39, 0.29) is 28.3 Å². The van der Waals surface area contributed by atoms with E-state index in [1.54, 1.807) is 6.07 Å². The first kappa shape index (κ1) is 18.6. The Morgan fingerprint density at radius 2 is 2.12 bits per heavy atom. The van der Waals surface area contributed by atoms with Gasteiger partial charge in [-0.1, -0.05) is 11.8 Å². The average molecular weight is 373 g/mol. The Morgan fingerprint density at radius 3 is 2.67 bits per heavy atom. The molecular formula is C14H19N3O5S2. The molecule has 0 bridgehead atoms. The molecule has 0 radical (unpaired) electrons. The van der Waals surface area contributed by atoms with Gasteiger partial charge >= 0.3 is 0 Å². The number of nitrogens with zero attached hydrogens (tertiary/aromatic N) is 2. The number of rotatable bonds is 6. The van der Waals surface area contributed by atoms with E-state index in [1.807, 2.05) is 0 Å². The summed E-state index contributed by atoms with van der Waals surface area (Å²) >= 11 is 1.17. The van der Waals surface area contributed by atoms with E-state index < -0.39 is 10.0 Å². The van der Waals surface area contributed by atoms with Crippen LogP contribution in [0.1, 0.15) is 0 Å². The van der Waals surface area contributed by atoms with Gasteiger partial charge in [-0.15, -0.1) is 0 Å². The van der Waals surface area contributed by atoms with Crippen molar-refractivity contribution in [3.63, 3.8) is 0 Å². The largest absolute Gasteiger partial charge is 0.495 e. The van der Waals surface area contributed by atoms with E-state index in [2.05, 4.69) is 5.32 Å². The van der Waals surface area contributed by atoms with Crippen molar-refractivity contribution in [2.75, 3.05) is 45.4 Å². The van der Waals surface area contributed by atoms with Crippen LogP contribution >= 0.6 is 11.8 Å². The first-order chi connectivity index (χ1) is 11.3. The molecule has 132 valence electrons. The third-order valence-corrected chi connectivity index (χ3v) is 6.11. The van der Waals surface area contributed by atoms with Gasteiger partial charge in [-0.2, -0.15) is 0 Å². The first-order valence-electron chi connectivity index (χ1n) is 7.08. The highest BCUT2D eigenvalue weighted by atomic mass is 32.2. The summed E-state index contributed by atoms with van der Waals surface area (Å²) in [5.74, 6) is 0.469. The SMILES string of the molecule is COc1ccc(NC(=O)CN2CCSC2=O)cc1S(=O)(=O)N(C)C. The number of sulfonamides is 1. The van der Waals surface area contributed by atoms with Crippen LogP contribution in [-0.4, -0.2) is 68.8 Å². The Hall–Kier alpha value is -1.78. The number of ether oxygens (including phenoxy) is 1. The predicted octanol–water partition coefficient (Wildman–Crippen LogP) is 1.05. The van der Waals surface area contributed by atoms with E-state index in [4.69, 9.17) is 4.74 Å². The summed E-state index contributed by atoms with van der Waals surface area (Å²) in [6.45, 7) is 0.466. The normalized spacial score (nSPS) is 15.0. The van der Waals surface area contributed by atoms with Gasteiger partial charge in [0.1, 0.15) is 17.2 Å². The number of anilines is 1. The van der Waals surface area contributed by atoms with Gasteiger partial charge in [0.15, 0.2) is 0 Å². The third kappa shape index (κ3) is 4.00. The topological polar surface area (TPSA) is 96.0 Å². The van der Waals surface area contributed by atoms with Gasteiger partial charge in [0.25, 0.3) is 5.24 Å². The van der Waals surface area contributed by atoms with E-state index in [9.17, 15) is 18.0 Å². The molecule has 0 spiro atoms. The monoisotopic (exact) mass is 373 g/mol. The molecule has 8 nitrogen and oxygen atoms in total. The third-order valence-electron chi connectivity index (χ3n) is 3.39. The smallest absolute Gasteiger partial charge is 0.282 e. The zero-order valence-electron chi connectivity index (χ0n) is 13.6. The molecule has 1 aromatic carbocycles. The van der Waals surface area contributed by atoms with Crippen LogP contribution in [-0.2, 0) is 14.8 Å². The second-order valence-electron chi connectivity index (χ2n) is 5.24. The lowest BCUT2D eigenvalue weighted by Gasteiger charge is -2.17. The van der Waals surface area contributed by atoms with Gasteiger partial charge in [0.2, 0.25) is 15.9 Å². The van der Waals surface area contributed by atoms with E-state index in [1.165, 1.54) is 50.0 Å². The molecule has 1 aliphatic rings. The number of carbonyl (C=O) groups is 2. The molecule has 0 unspecified atom stereocenters. The molecule has 2 rings (SSSR count). The number of hydrogen-bond donors (Lipinski definition) is 1. The van der Waals surface area contributed by atoms with Crippen molar-refractivity contribution < 1.29 is 22.7 Å². The Bertz CT molecular complexity index is 749. The Kier molecular flexibility index (Phi) is 5.73. The summed E-state index contributed by atoms with van der Waals surface area (Å²) in [6, 6.07) is 4.36. The van der Waals surface area contributed by atoms with Crippen LogP contribution in [0, 0.1) is 0 Å². The number of benzene rings is 1. The van der Waals surface area contributed by atoms with Crippen LogP contribution in [0.2, 0.25) is 0 Å². The standard InChI is InChI=1S/C14H19N3O5S2/c1-16(2)24(20,21)12-8-10(4-5-11(12)22-3)15-13(18)9-17-6-7-23-14(17)19/h4-5,8H,6-7,9H2,1-3H3,(H,15,18). The molecule has 0 saturated carbocycles. The highest BCUT2D eigenvalue weighted by molar-refractivity contribution is 8.13. The molecule has 1 aliphatic heterocycles. The van der Waals surface area contributed by atoms with Crippen molar-refractivity contribution in [1.82, 2.24) is 9.21 Å². The van der Waals surface area contributed by atoms with Gasteiger partial charge in [-0.3, -0.25) is 9.59 Å². The maximum atomic E-state index is 12.3. The molecule has 1 aromatic rings. The quantitative estimate of drug-likeness (QED) is 0.801. The van der Waals surface area contributed by atoms with Crippen molar-refractivity contribution >= 4 is 38.6 Å². The number of amides is 2. The van der Waals surface area contributed by atoms with E-state index in [0.29, 0.717) is 18.0 Å². The van der Waals surface area contributed by atoms with Crippen LogP contribution in [0.3, 0.4) is 0 Å². The second-order valence-corrected chi connectivity index (χ2v) is 8.40. The number of carbonyl (C=O) groups excluding carboxylic acids is 2. The minimum absolute atomic E-state index is 0.0411. The van der Waals surface area contributed by atoms with Gasteiger partial charge in [-0.25, -0.2) is 12.7 Å². The molecule has 24 heavy (non-hydrogen) atoms. The average Bonchev–Trinajstić information content (AvgIpc) is 2.92. The lowest BCUT2D eigenvalue weighted by molar-refractivity contribution is -0.116. The molecule has 10 heteroatoms. The highest BCUT2D eigenvalue weighted by Crippen LogP contribution is 2.29. The second kappa shape index (κ2) is 7.41. The van der Waals surface area contributed by atoms with Crippen molar-refractivity contribution in [3.8, 4) is 5.75 Å². The van der Waals surface area contributed by atoms with Crippen LogP contribution in [0.5, 0.6) is 5.75 Å². The van der Waals surface area contributed by atoms with E-state index >= 15 is 0 Å². The van der Waals surface area contributed by atoms with Crippen molar-refractivity contribution in [3.05, 3.63) is 18.2 Å². The molecule has 2 amide bonds. The zero-order valence-corrected chi connectivity index (χ0v) is 15.2. The fourth-order valence-electron chi connectivity index (χ4n) is 2.10. The van der Waals surface area contributed by atoms with Gasteiger partial charge < -0.3 is 15.0 Å². The number of nitrogens with one attached hydrogen (secondary N) is 1. The minimum Gasteiger partial charge on any atom is -0.495 e. The van der Waals surface area contributed by atoms with Crippen LogP contribution in [0.15, 0.2) is 23.1 Å². The van der Waals surface area contributed by atoms with Gasteiger partial charge in [0, 0.05) is 32.1 Å². The Balaban J connectivity index is 2.19. The maximum Gasteiger partial charge on any atom is 0.282 e. The summed E-state index contributed by atoms with van der Waals surface area (Å²) in [7, 11) is 0.481. The molecule has 1 saturated heterocycles. The lowest BCUT2D eigenvalue weighted by atomic mass is 10.3. The Morgan fingerprint density at radius 1 is 1.42 bits per heavy atom. The molecule has 1 heterocycles. The van der Waals surface area contributed by atoms with Crippen molar-refractivity contribution in [2.24, 2.45) is 0 Å². The minimum atomic E-state index is -3.72.